The summed E-state index contributed by atoms with van der Waals surface area (Å²) < 4.78 is 43.4. The number of benzene rings is 3. The first-order valence-electron chi connectivity index (χ1n) is 11.5. The lowest BCUT2D eigenvalue weighted by Gasteiger charge is -2.17. The fourth-order valence-corrected chi connectivity index (χ4v) is 6.26. The summed E-state index contributed by atoms with van der Waals surface area (Å²) in [5.74, 6) is 0.0177. The van der Waals surface area contributed by atoms with E-state index in [0.29, 0.717) is 38.2 Å². The fraction of sp³-hybridized carbons (Fsp3) is 0.259. The molecule has 0 saturated heterocycles. The second kappa shape index (κ2) is 9.29. The van der Waals surface area contributed by atoms with Crippen LogP contribution in [0, 0.1) is 5.82 Å². The van der Waals surface area contributed by atoms with Crippen molar-refractivity contribution in [3.05, 3.63) is 93.0 Å². The normalized spacial score (nSPS) is 14.8. The number of ketones is 1. The van der Waals surface area contributed by atoms with Gasteiger partial charge in [0.2, 0.25) is 5.89 Å². The summed E-state index contributed by atoms with van der Waals surface area (Å²) in [7, 11) is -3.28. The molecule has 1 heterocycles. The van der Waals surface area contributed by atoms with Crippen molar-refractivity contribution in [1.29, 1.82) is 0 Å². The Bertz CT molecular complexity index is 1570. The molecule has 9 heteroatoms. The van der Waals surface area contributed by atoms with E-state index in [2.05, 4.69) is 4.98 Å². The summed E-state index contributed by atoms with van der Waals surface area (Å²) >= 11 is 13.3. The highest BCUT2D eigenvalue weighted by Crippen LogP contribution is 2.57. The number of carbonyl (C=O) groups excluding carboxylic acids is 1. The average molecular weight is 546 g/mol. The number of aromatic nitrogens is 1. The summed E-state index contributed by atoms with van der Waals surface area (Å²) in [6.45, 7) is 1.59. The summed E-state index contributed by atoms with van der Waals surface area (Å²) in [5, 5.41) is 0.843. The Morgan fingerprint density at radius 2 is 1.64 bits per heavy atom. The van der Waals surface area contributed by atoms with Gasteiger partial charge in [-0.2, -0.15) is 0 Å². The third kappa shape index (κ3) is 4.67. The van der Waals surface area contributed by atoms with Crippen LogP contribution in [-0.4, -0.2) is 24.9 Å². The number of Topliss-reactive ketones (excluding diaryl/α,β-unsaturated/α-hetero) is 1. The molecule has 1 aromatic heterocycles. The second-order valence-corrected chi connectivity index (χ2v) is 12.2. The molecule has 1 aliphatic carbocycles. The Hall–Kier alpha value is -2.74. The summed E-state index contributed by atoms with van der Waals surface area (Å²) in [4.78, 5) is 17.5. The van der Waals surface area contributed by atoms with Gasteiger partial charge in [-0.05, 0) is 60.4 Å². The van der Waals surface area contributed by atoms with Crippen LogP contribution in [0.3, 0.4) is 0 Å². The van der Waals surface area contributed by atoms with E-state index in [1.807, 2.05) is 0 Å². The minimum Gasteiger partial charge on any atom is -0.440 e. The molecule has 1 fully saturated rings. The first kappa shape index (κ1) is 24.9. The minimum absolute atomic E-state index is 0.0229. The molecule has 0 amide bonds. The standard InChI is InChI=1S/C27H22Cl2FNO4S/c1-2-36(33,34)20-6-3-16(4-7-20)11-19(32)12-17-13-21(28)25(22(29)14-17)27(9-10-27)26-31-23-8-5-18(30)15-24(23)35-26/h3-8,13-15H,2,9-12H2,1H3. The van der Waals surface area contributed by atoms with Crippen LogP contribution in [0.4, 0.5) is 4.39 Å². The molecule has 5 nitrogen and oxygen atoms in total. The van der Waals surface area contributed by atoms with Gasteiger partial charge in [-0.1, -0.05) is 42.3 Å². The number of sulfone groups is 1. The Kier molecular flexibility index (Phi) is 6.43. The van der Waals surface area contributed by atoms with Gasteiger partial charge in [-0.25, -0.2) is 17.8 Å². The molecule has 0 aliphatic heterocycles. The van der Waals surface area contributed by atoms with Crippen molar-refractivity contribution in [3.8, 4) is 0 Å². The van der Waals surface area contributed by atoms with Crippen molar-refractivity contribution in [1.82, 2.24) is 4.98 Å². The molecule has 1 saturated carbocycles. The molecule has 1 aliphatic rings. The van der Waals surface area contributed by atoms with Gasteiger partial charge in [0, 0.05) is 34.5 Å². The topological polar surface area (TPSA) is 77.2 Å². The molecule has 0 atom stereocenters. The first-order valence-corrected chi connectivity index (χ1v) is 13.9. The summed E-state index contributed by atoms with van der Waals surface area (Å²) in [5.41, 5.74) is 2.46. The predicted octanol–water partition coefficient (Wildman–Crippen LogP) is 6.50. The lowest BCUT2D eigenvalue weighted by Crippen LogP contribution is -2.12. The van der Waals surface area contributed by atoms with E-state index in [1.165, 1.54) is 24.3 Å². The number of nitrogens with zero attached hydrogens (tertiary/aromatic N) is 1. The highest BCUT2D eigenvalue weighted by atomic mass is 35.5. The van der Waals surface area contributed by atoms with Gasteiger partial charge in [-0.15, -0.1) is 0 Å². The smallest absolute Gasteiger partial charge is 0.206 e. The van der Waals surface area contributed by atoms with E-state index in [1.54, 1.807) is 37.3 Å². The van der Waals surface area contributed by atoms with Crippen LogP contribution in [0.25, 0.3) is 11.1 Å². The van der Waals surface area contributed by atoms with Crippen molar-refractivity contribution < 1.29 is 22.0 Å². The lowest BCUT2D eigenvalue weighted by molar-refractivity contribution is -0.117. The van der Waals surface area contributed by atoms with E-state index in [0.717, 1.165) is 18.4 Å². The first-order chi connectivity index (χ1) is 17.1. The molecule has 5 rings (SSSR count). The van der Waals surface area contributed by atoms with E-state index in [9.17, 15) is 17.6 Å². The van der Waals surface area contributed by atoms with Gasteiger partial charge in [-0.3, -0.25) is 4.79 Å². The number of fused-ring (bicyclic) bond motifs is 1. The van der Waals surface area contributed by atoms with Gasteiger partial charge in [0.1, 0.15) is 17.1 Å². The van der Waals surface area contributed by atoms with Crippen molar-refractivity contribution in [2.45, 2.75) is 42.9 Å². The van der Waals surface area contributed by atoms with Gasteiger partial charge >= 0.3 is 0 Å². The summed E-state index contributed by atoms with van der Waals surface area (Å²) in [6.07, 6.45) is 1.77. The maximum Gasteiger partial charge on any atom is 0.206 e. The second-order valence-electron chi connectivity index (χ2n) is 9.09. The molecular weight excluding hydrogens is 524 g/mol. The van der Waals surface area contributed by atoms with Gasteiger partial charge in [0.15, 0.2) is 15.4 Å². The van der Waals surface area contributed by atoms with Crippen molar-refractivity contribution >= 4 is 49.9 Å². The highest BCUT2D eigenvalue weighted by Gasteiger charge is 2.52. The monoisotopic (exact) mass is 545 g/mol. The quantitative estimate of drug-likeness (QED) is 0.252. The van der Waals surface area contributed by atoms with Crippen LogP contribution in [0.2, 0.25) is 10.0 Å². The molecule has 0 unspecified atom stereocenters. The van der Waals surface area contributed by atoms with E-state index < -0.39 is 21.1 Å². The van der Waals surface area contributed by atoms with Gasteiger partial charge in [0.25, 0.3) is 0 Å². The zero-order valence-electron chi connectivity index (χ0n) is 19.4. The summed E-state index contributed by atoms with van der Waals surface area (Å²) in [6, 6.07) is 14.1. The van der Waals surface area contributed by atoms with Crippen LogP contribution in [0.5, 0.6) is 0 Å². The van der Waals surface area contributed by atoms with Crippen molar-refractivity contribution in [3.63, 3.8) is 0 Å². The number of carbonyl (C=O) groups is 1. The van der Waals surface area contributed by atoms with E-state index in [4.69, 9.17) is 27.6 Å². The Morgan fingerprint density at radius 1 is 1.00 bits per heavy atom. The number of hydrogen-bond acceptors (Lipinski definition) is 5. The Balaban J connectivity index is 1.34. The molecule has 4 aromatic rings. The number of halogens is 3. The zero-order chi connectivity index (χ0) is 25.7. The minimum atomic E-state index is -3.28. The number of hydrogen-bond donors (Lipinski definition) is 0. The molecule has 3 aromatic carbocycles. The van der Waals surface area contributed by atoms with E-state index in [-0.39, 0.29) is 29.3 Å². The SMILES string of the molecule is CCS(=O)(=O)c1ccc(CC(=O)Cc2cc(Cl)c(C3(c4nc5ccc(F)cc5o4)CC3)c(Cl)c2)cc1. The average Bonchev–Trinajstić information content (AvgIpc) is 3.50. The number of oxazole rings is 1. The van der Waals surface area contributed by atoms with Crippen LogP contribution in [0.1, 0.15) is 42.3 Å². The van der Waals surface area contributed by atoms with Crippen LogP contribution < -0.4 is 0 Å². The van der Waals surface area contributed by atoms with Crippen molar-refractivity contribution in [2.24, 2.45) is 0 Å². The molecule has 186 valence electrons. The molecule has 0 spiro atoms. The Labute approximate surface area is 218 Å². The molecule has 36 heavy (non-hydrogen) atoms. The van der Waals surface area contributed by atoms with Gasteiger partial charge in [0.05, 0.1) is 16.1 Å². The largest absolute Gasteiger partial charge is 0.440 e. The molecule has 0 bridgehead atoms. The molecular formula is C27H22Cl2FNO4S. The predicted molar refractivity (Wildman–Crippen MR) is 137 cm³/mol. The van der Waals surface area contributed by atoms with E-state index >= 15 is 0 Å². The third-order valence-corrected chi connectivity index (χ3v) is 8.90. The third-order valence-electron chi connectivity index (χ3n) is 6.56. The fourth-order valence-electron chi connectivity index (χ4n) is 4.48. The lowest BCUT2D eigenvalue weighted by atomic mass is 9.93. The number of rotatable bonds is 8. The van der Waals surface area contributed by atoms with Crippen molar-refractivity contribution in [2.75, 3.05) is 5.75 Å². The molecule has 0 radical (unpaired) electrons. The maximum absolute atomic E-state index is 13.6. The Morgan fingerprint density at radius 3 is 2.25 bits per heavy atom. The van der Waals surface area contributed by atoms with Crippen LogP contribution >= 0.6 is 23.2 Å². The highest BCUT2D eigenvalue weighted by molar-refractivity contribution is 7.91. The van der Waals surface area contributed by atoms with Crippen LogP contribution in [0.15, 0.2) is 63.9 Å². The zero-order valence-corrected chi connectivity index (χ0v) is 21.7. The maximum atomic E-state index is 13.6. The van der Waals surface area contributed by atoms with Gasteiger partial charge < -0.3 is 4.42 Å². The molecule has 0 N–H and O–H groups in total. The van der Waals surface area contributed by atoms with Crippen LogP contribution in [-0.2, 0) is 32.9 Å².